The third-order valence-corrected chi connectivity index (χ3v) is 6.06. The van der Waals surface area contributed by atoms with Gasteiger partial charge in [0.15, 0.2) is 0 Å². The van der Waals surface area contributed by atoms with Crippen LogP contribution < -0.4 is 5.32 Å². The molecule has 0 radical (unpaired) electrons. The number of hydrogen-bond acceptors (Lipinski definition) is 2. The van der Waals surface area contributed by atoms with Crippen LogP contribution in [0.5, 0.6) is 0 Å². The van der Waals surface area contributed by atoms with Crippen LogP contribution in [-0.2, 0) is 17.8 Å². The molecule has 0 bridgehead atoms. The number of halogens is 4. The number of nitrogens with one attached hydrogen (secondary N) is 1. The van der Waals surface area contributed by atoms with Gasteiger partial charge in [-0.1, -0.05) is 35.3 Å². The maximum absolute atomic E-state index is 14.6. The number of carbonyl (C=O) groups is 1. The van der Waals surface area contributed by atoms with Crippen molar-refractivity contribution >= 4 is 29.1 Å². The second-order valence-corrected chi connectivity index (χ2v) is 8.34. The lowest BCUT2D eigenvalue weighted by molar-refractivity contribution is -0.122. The Morgan fingerprint density at radius 3 is 2.71 bits per heavy atom. The van der Waals surface area contributed by atoms with E-state index in [1.165, 1.54) is 12.1 Å². The highest BCUT2D eigenvalue weighted by Gasteiger charge is 2.31. The van der Waals surface area contributed by atoms with E-state index >= 15 is 0 Å². The van der Waals surface area contributed by atoms with Crippen LogP contribution in [0.15, 0.2) is 54.7 Å². The van der Waals surface area contributed by atoms with Gasteiger partial charge in [0.25, 0.3) is 0 Å². The average molecular weight is 464 g/mol. The van der Waals surface area contributed by atoms with Gasteiger partial charge < -0.3 is 9.88 Å². The van der Waals surface area contributed by atoms with Crippen molar-refractivity contribution in [2.75, 3.05) is 19.6 Å². The minimum Gasteiger partial charge on any atom is -0.355 e. The minimum atomic E-state index is -0.627. The number of amides is 1. The molecule has 1 N–H and O–H groups in total. The molecular formula is C23H21Cl2F2N3O. The quantitative estimate of drug-likeness (QED) is 0.567. The van der Waals surface area contributed by atoms with Crippen molar-refractivity contribution in [3.63, 3.8) is 0 Å². The standard InChI is InChI=1S/C23H21Cl2F2N3O/c24-16-4-3-15(19(25)12-16)7-8-28-22(31)14-30-11-10-29-9-1-2-21(29)23(30)18-6-5-17(26)13-20(18)27/h1-6,9,12-13,23H,7-8,10-11,14H2,(H,28,31). The molecule has 2 heterocycles. The summed E-state index contributed by atoms with van der Waals surface area (Å²) >= 11 is 12.1. The van der Waals surface area contributed by atoms with Crippen molar-refractivity contribution in [1.29, 1.82) is 0 Å². The fourth-order valence-electron chi connectivity index (χ4n) is 3.98. The van der Waals surface area contributed by atoms with Crippen LogP contribution in [0.2, 0.25) is 10.0 Å². The van der Waals surface area contributed by atoms with E-state index in [0.717, 1.165) is 17.3 Å². The highest BCUT2D eigenvalue weighted by molar-refractivity contribution is 6.35. The molecule has 1 amide bonds. The molecule has 0 aliphatic carbocycles. The van der Waals surface area contributed by atoms with E-state index in [1.54, 1.807) is 12.1 Å². The van der Waals surface area contributed by atoms with Gasteiger partial charge in [-0.3, -0.25) is 9.69 Å². The van der Waals surface area contributed by atoms with Crippen LogP contribution in [0, 0.1) is 11.6 Å². The van der Waals surface area contributed by atoms with Crippen LogP contribution in [0.1, 0.15) is 22.9 Å². The molecule has 31 heavy (non-hydrogen) atoms. The number of carbonyl (C=O) groups excluding carboxylic acids is 1. The van der Waals surface area contributed by atoms with E-state index in [-0.39, 0.29) is 12.5 Å². The summed E-state index contributed by atoms with van der Waals surface area (Å²) in [6.07, 6.45) is 2.50. The average Bonchev–Trinajstić information content (AvgIpc) is 3.19. The Bertz CT molecular complexity index is 1100. The van der Waals surface area contributed by atoms with E-state index < -0.39 is 17.7 Å². The Kier molecular flexibility index (Phi) is 6.60. The van der Waals surface area contributed by atoms with Gasteiger partial charge in [-0.2, -0.15) is 0 Å². The third-order valence-electron chi connectivity index (χ3n) is 5.47. The van der Waals surface area contributed by atoms with Crippen molar-refractivity contribution in [3.05, 3.63) is 93.2 Å². The first kappa shape index (κ1) is 21.8. The van der Waals surface area contributed by atoms with Gasteiger partial charge in [0.2, 0.25) is 5.91 Å². The molecule has 3 aromatic rings. The van der Waals surface area contributed by atoms with Gasteiger partial charge in [0, 0.05) is 53.2 Å². The molecule has 1 aromatic heterocycles. The summed E-state index contributed by atoms with van der Waals surface area (Å²) in [6.45, 7) is 1.77. The molecule has 2 aromatic carbocycles. The van der Waals surface area contributed by atoms with Crippen LogP contribution in [0.4, 0.5) is 8.78 Å². The molecular weight excluding hydrogens is 443 g/mol. The molecule has 1 aliphatic heterocycles. The Morgan fingerprint density at radius 1 is 1.10 bits per heavy atom. The maximum Gasteiger partial charge on any atom is 0.234 e. The largest absolute Gasteiger partial charge is 0.355 e. The van der Waals surface area contributed by atoms with E-state index in [0.29, 0.717) is 41.7 Å². The smallest absolute Gasteiger partial charge is 0.234 e. The number of nitrogens with zero attached hydrogens (tertiary/aromatic N) is 2. The second-order valence-electron chi connectivity index (χ2n) is 7.50. The summed E-state index contributed by atoms with van der Waals surface area (Å²) in [7, 11) is 0. The van der Waals surface area contributed by atoms with Crippen molar-refractivity contribution in [2.24, 2.45) is 0 Å². The number of fused-ring (bicyclic) bond motifs is 1. The topological polar surface area (TPSA) is 37.3 Å². The van der Waals surface area contributed by atoms with E-state index in [9.17, 15) is 13.6 Å². The van der Waals surface area contributed by atoms with Crippen molar-refractivity contribution < 1.29 is 13.6 Å². The zero-order chi connectivity index (χ0) is 22.0. The highest BCUT2D eigenvalue weighted by Crippen LogP contribution is 2.33. The van der Waals surface area contributed by atoms with Gasteiger partial charge in [-0.15, -0.1) is 0 Å². The predicted octanol–water partition coefficient (Wildman–Crippen LogP) is 4.84. The molecule has 162 valence electrons. The lowest BCUT2D eigenvalue weighted by atomic mass is 9.99. The molecule has 1 atom stereocenters. The molecule has 0 spiro atoms. The number of aromatic nitrogens is 1. The van der Waals surface area contributed by atoms with Gasteiger partial charge in [-0.05, 0) is 42.3 Å². The number of benzene rings is 2. The van der Waals surface area contributed by atoms with Crippen molar-refractivity contribution in [3.8, 4) is 0 Å². The zero-order valence-electron chi connectivity index (χ0n) is 16.6. The minimum absolute atomic E-state index is 0.0982. The Morgan fingerprint density at radius 2 is 1.94 bits per heavy atom. The molecule has 4 nitrogen and oxygen atoms in total. The molecule has 8 heteroatoms. The van der Waals surface area contributed by atoms with Crippen molar-refractivity contribution in [2.45, 2.75) is 19.0 Å². The monoisotopic (exact) mass is 463 g/mol. The summed E-state index contributed by atoms with van der Waals surface area (Å²) in [6, 6.07) is 12.2. The lowest BCUT2D eigenvalue weighted by Gasteiger charge is -2.37. The molecule has 0 fully saturated rings. The SMILES string of the molecule is O=C(CN1CCn2cccc2C1c1ccc(F)cc1F)NCCc1ccc(Cl)cc1Cl. The Balaban J connectivity index is 1.45. The summed E-state index contributed by atoms with van der Waals surface area (Å²) in [5.41, 5.74) is 2.12. The Hall–Kier alpha value is -2.41. The normalized spacial score (nSPS) is 16.2. The molecule has 4 rings (SSSR count). The van der Waals surface area contributed by atoms with Gasteiger partial charge in [-0.25, -0.2) is 8.78 Å². The fraction of sp³-hybridized carbons (Fsp3) is 0.261. The summed E-state index contributed by atoms with van der Waals surface area (Å²) < 4.78 is 30.1. The van der Waals surface area contributed by atoms with E-state index in [1.807, 2.05) is 33.9 Å². The molecule has 0 saturated heterocycles. The summed E-state index contributed by atoms with van der Waals surface area (Å²) in [5.74, 6) is -1.42. The second kappa shape index (κ2) is 9.39. The number of hydrogen-bond donors (Lipinski definition) is 1. The highest BCUT2D eigenvalue weighted by atomic mass is 35.5. The first-order valence-electron chi connectivity index (χ1n) is 9.97. The first-order valence-corrected chi connectivity index (χ1v) is 10.7. The third kappa shape index (κ3) is 4.92. The van der Waals surface area contributed by atoms with Gasteiger partial charge >= 0.3 is 0 Å². The predicted molar refractivity (Wildman–Crippen MR) is 117 cm³/mol. The first-order chi connectivity index (χ1) is 14.9. The van der Waals surface area contributed by atoms with E-state index in [2.05, 4.69) is 5.32 Å². The van der Waals surface area contributed by atoms with Gasteiger partial charge in [0.1, 0.15) is 11.6 Å². The lowest BCUT2D eigenvalue weighted by Crippen LogP contribution is -2.44. The number of rotatable bonds is 6. The van der Waals surface area contributed by atoms with E-state index in [4.69, 9.17) is 23.2 Å². The van der Waals surface area contributed by atoms with Crippen molar-refractivity contribution in [1.82, 2.24) is 14.8 Å². The molecule has 1 aliphatic rings. The van der Waals surface area contributed by atoms with Gasteiger partial charge in [0.05, 0.1) is 12.6 Å². The van der Waals surface area contributed by atoms with Crippen LogP contribution in [0.25, 0.3) is 0 Å². The summed E-state index contributed by atoms with van der Waals surface area (Å²) in [5, 5.41) is 4.02. The van der Waals surface area contributed by atoms with Crippen LogP contribution in [0.3, 0.4) is 0 Å². The molecule has 0 saturated carbocycles. The fourth-order valence-corrected chi connectivity index (χ4v) is 4.49. The van der Waals surface area contributed by atoms with Crippen LogP contribution in [-0.4, -0.2) is 35.0 Å². The zero-order valence-corrected chi connectivity index (χ0v) is 18.1. The van der Waals surface area contributed by atoms with Crippen LogP contribution >= 0.6 is 23.2 Å². The Labute approximate surface area is 189 Å². The maximum atomic E-state index is 14.6. The molecule has 1 unspecified atom stereocenters. The summed E-state index contributed by atoms with van der Waals surface area (Å²) in [4.78, 5) is 14.6.